The van der Waals surface area contributed by atoms with Crippen molar-refractivity contribution < 1.29 is 0 Å². The minimum absolute atomic E-state index is 0.0175. The quantitative estimate of drug-likeness (QED) is 0.406. The lowest BCUT2D eigenvalue weighted by atomic mass is 9.80. The number of benzene rings is 3. The molecule has 0 bridgehead atoms. The highest BCUT2D eigenvalue weighted by Crippen LogP contribution is 2.51. The molecule has 3 aromatic carbocycles. The van der Waals surface area contributed by atoms with Crippen LogP contribution in [0.4, 0.5) is 0 Å². The Morgan fingerprint density at radius 1 is 0.760 bits per heavy atom. The van der Waals surface area contributed by atoms with Crippen LogP contribution in [0, 0.1) is 0 Å². The monoisotopic (exact) mass is 321 g/mol. The summed E-state index contributed by atoms with van der Waals surface area (Å²) in [6.07, 6.45) is 1.86. The molecule has 1 heterocycles. The second-order valence-corrected chi connectivity index (χ2v) is 7.31. The van der Waals surface area contributed by atoms with Crippen LogP contribution in [0.3, 0.4) is 0 Å². The zero-order chi connectivity index (χ0) is 17.0. The van der Waals surface area contributed by atoms with Gasteiger partial charge in [-0.05, 0) is 51.2 Å². The second kappa shape index (κ2) is 5.03. The zero-order valence-electron chi connectivity index (χ0n) is 14.5. The van der Waals surface area contributed by atoms with Crippen LogP contribution in [0.25, 0.3) is 33.2 Å². The molecule has 25 heavy (non-hydrogen) atoms. The highest BCUT2D eigenvalue weighted by Gasteiger charge is 2.36. The van der Waals surface area contributed by atoms with Gasteiger partial charge in [-0.2, -0.15) is 0 Å². The van der Waals surface area contributed by atoms with Crippen molar-refractivity contribution in [3.63, 3.8) is 0 Å². The third-order valence-electron chi connectivity index (χ3n) is 5.50. The van der Waals surface area contributed by atoms with Crippen molar-refractivity contribution in [2.45, 2.75) is 19.3 Å². The van der Waals surface area contributed by atoms with Crippen LogP contribution < -0.4 is 0 Å². The van der Waals surface area contributed by atoms with Gasteiger partial charge in [-0.25, -0.2) is 0 Å². The summed E-state index contributed by atoms with van der Waals surface area (Å²) < 4.78 is 0. The molecule has 1 nitrogen and oxygen atoms in total. The summed E-state index contributed by atoms with van der Waals surface area (Å²) in [7, 11) is 0. The van der Waals surface area contributed by atoms with E-state index in [1.807, 2.05) is 18.3 Å². The van der Waals surface area contributed by atoms with Gasteiger partial charge in [-0.15, -0.1) is 0 Å². The predicted molar refractivity (Wildman–Crippen MR) is 105 cm³/mol. The van der Waals surface area contributed by atoms with E-state index in [0.717, 1.165) is 5.69 Å². The molecule has 0 atom stereocenters. The fraction of sp³-hybridized carbons (Fsp3) is 0.125. The minimum atomic E-state index is -0.0175. The van der Waals surface area contributed by atoms with Gasteiger partial charge in [0.25, 0.3) is 0 Å². The van der Waals surface area contributed by atoms with Crippen molar-refractivity contribution in [1.29, 1.82) is 0 Å². The number of hydrogen-bond acceptors (Lipinski definition) is 1. The Morgan fingerprint density at radius 3 is 2.40 bits per heavy atom. The van der Waals surface area contributed by atoms with Gasteiger partial charge in [0.2, 0.25) is 0 Å². The van der Waals surface area contributed by atoms with Gasteiger partial charge in [0.1, 0.15) is 0 Å². The zero-order valence-corrected chi connectivity index (χ0v) is 14.5. The summed E-state index contributed by atoms with van der Waals surface area (Å²) in [6.45, 7) is 4.68. The maximum absolute atomic E-state index is 4.52. The molecule has 1 heteroatoms. The van der Waals surface area contributed by atoms with Crippen LogP contribution >= 0.6 is 0 Å². The van der Waals surface area contributed by atoms with Crippen LogP contribution in [0.5, 0.6) is 0 Å². The van der Waals surface area contributed by atoms with Crippen molar-refractivity contribution in [3.05, 3.63) is 90.1 Å². The molecule has 0 spiro atoms. The lowest BCUT2D eigenvalue weighted by Gasteiger charge is -2.23. The molecule has 0 fully saturated rings. The van der Waals surface area contributed by atoms with E-state index in [9.17, 15) is 0 Å². The van der Waals surface area contributed by atoms with E-state index < -0.39 is 0 Å². The molecular formula is C24H19N. The van der Waals surface area contributed by atoms with E-state index in [2.05, 4.69) is 79.5 Å². The van der Waals surface area contributed by atoms with Crippen molar-refractivity contribution in [1.82, 2.24) is 4.98 Å². The predicted octanol–water partition coefficient (Wildman–Crippen LogP) is 6.21. The lowest BCUT2D eigenvalue weighted by Crippen LogP contribution is -2.15. The summed E-state index contributed by atoms with van der Waals surface area (Å²) in [4.78, 5) is 4.52. The molecule has 1 aliphatic rings. The molecule has 0 saturated heterocycles. The standard InChI is InChI=1S/C24H19N/c1-24(2)21-15-17(22-9-5-6-14-25-22)11-12-19(21)20-13-10-16-7-3-4-8-18(16)23(20)24/h3-15H,1-2H3. The molecule has 1 aliphatic carbocycles. The van der Waals surface area contributed by atoms with Crippen LogP contribution in [0.1, 0.15) is 25.0 Å². The van der Waals surface area contributed by atoms with Crippen LogP contribution in [-0.4, -0.2) is 4.98 Å². The average molecular weight is 321 g/mol. The van der Waals surface area contributed by atoms with Crippen LogP contribution in [0.2, 0.25) is 0 Å². The summed E-state index contributed by atoms with van der Waals surface area (Å²) in [5, 5.41) is 2.67. The van der Waals surface area contributed by atoms with Gasteiger partial charge in [0, 0.05) is 17.2 Å². The number of rotatable bonds is 1. The van der Waals surface area contributed by atoms with Gasteiger partial charge in [0.05, 0.1) is 5.69 Å². The topological polar surface area (TPSA) is 12.9 Å². The number of aromatic nitrogens is 1. The lowest BCUT2D eigenvalue weighted by molar-refractivity contribution is 0.666. The first-order valence-corrected chi connectivity index (χ1v) is 8.75. The third-order valence-corrected chi connectivity index (χ3v) is 5.50. The Morgan fingerprint density at radius 2 is 1.56 bits per heavy atom. The molecule has 4 aromatic rings. The van der Waals surface area contributed by atoms with Crippen LogP contribution in [0.15, 0.2) is 79.0 Å². The summed E-state index contributed by atoms with van der Waals surface area (Å²) in [6, 6.07) is 26.1. The first kappa shape index (κ1) is 14.4. The van der Waals surface area contributed by atoms with Gasteiger partial charge < -0.3 is 0 Å². The maximum Gasteiger partial charge on any atom is 0.0702 e. The fourth-order valence-corrected chi connectivity index (χ4v) is 4.29. The molecule has 5 rings (SSSR count). The highest BCUT2D eigenvalue weighted by molar-refractivity contribution is 5.97. The van der Waals surface area contributed by atoms with E-state index >= 15 is 0 Å². The molecule has 0 aliphatic heterocycles. The Balaban J connectivity index is 1.79. The van der Waals surface area contributed by atoms with Crippen molar-refractivity contribution in [3.8, 4) is 22.4 Å². The Bertz CT molecular complexity index is 1110. The van der Waals surface area contributed by atoms with Gasteiger partial charge in [-0.3, -0.25) is 4.98 Å². The van der Waals surface area contributed by atoms with Gasteiger partial charge in [-0.1, -0.05) is 68.4 Å². The minimum Gasteiger partial charge on any atom is -0.256 e. The largest absolute Gasteiger partial charge is 0.256 e. The van der Waals surface area contributed by atoms with E-state index in [4.69, 9.17) is 0 Å². The molecule has 0 amide bonds. The Kier molecular flexibility index (Phi) is 2.90. The molecule has 120 valence electrons. The van der Waals surface area contributed by atoms with Crippen molar-refractivity contribution in [2.24, 2.45) is 0 Å². The van der Waals surface area contributed by atoms with Crippen molar-refractivity contribution >= 4 is 10.8 Å². The van der Waals surface area contributed by atoms with E-state index in [0.29, 0.717) is 0 Å². The molecule has 1 aromatic heterocycles. The van der Waals surface area contributed by atoms with E-state index in [-0.39, 0.29) is 5.41 Å². The van der Waals surface area contributed by atoms with Gasteiger partial charge >= 0.3 is 0 Å². The number of hydrogen-bond donors (Lipinski definition) is 0. The number of pyridine rings is 1. The highest BCUT2D eigenvalue weighted by atomic mass is 14.7. The molecule has 0 radical (unpaired) electrons. The van der Waals surface area contributed by atoms with Crippen molar-refractivity contribution in [2.75, 3.05) is 0 Å². The maximum atomic E-state index is 4.52. The van der Waals surface area contributed by atoms with Crippen LogP contribution in [-0.2, 0) is 5.41 Å². The van der Waals surface area contributed by atoms with E-state index in [1.54, 1.807) is 0 Å². The second-order valence-electron chi connectivity index (χ2n) is 7.31. The normalized spacial score (nSPS) is 14.3. The fourth-order valence-electron chi connectivity index (χ4n) is 4.29. The summed E-state index contributed by atoms with van der Waals surface area (Å²) in [5.74, 6) is 0. The third kappa shape index (κ3) is 1.99. The summed E-state index contributed by atoms with van der Waals surface area (Å²) >= 11 is 0. The number of nitrogens with zero attached hydrogens (tertiary/aromatic N) is 1. The molecule has 0 N–H and O–H groups in total. The first-order chi connectivity index (χ1) is 12.2. The van der Waals surface area contributed by atoms with E-state index in [1.165, 1.54) is 38.6 Å². The molecule has 0 unspecified atom stereocenters. The Hall–Kier alpha value is -2.93. The smallest absolute Gasteiger partial charge is 0.0702 e. The Labute approximate surface area is 148 Å². The summed E-state index contributed by atoms with van der Waals surface area (Å²) in [5.41, 5.74) is 7.75. The number of fused-ring (bicyclic) bond motifs is 5. The first-order valence-electron chi connectivity index (χ1n) is 8.75. The SMILES string of the molecule is CC1(C)c2cc(-c3ccccn3)ccc2-c2ccc3ccccc3c21. The van der Waals surface area contributed by atoms with Gasteiger partial charge in [0.15, 0.2) is 0 Å². The average Bonchev–Trinajstić information content (AvgIpc) is 2.90. The molecular weight excluding hydrogens is 302 g/mol. The molecule has 0 saturated carbocycles.